The Bertz CT molecular complexity index is 859. The van der Waals surface area contributed by atoms with Gasteiger partial charge in [0, 0.05) is 56.7 Å². The van der Waals surface area contributed by atoms with E-state index >= 15 is 0 Å². The first kappa shape index (κ1) is 23.0. The van der Waals surface area contributed by atoms with E-state index in [1.807, 2.05) is 6.92 Å². The Hall–Kier alpha value is -2.22. The van der Waals surface area contributed by atoms with E-state index in [1.54, 1.807) is 16.2 Å². The minimum absolute atomic E-state index is 0.0759. The molecule has 2 aliphatic rings. The van der Waals surface area contributed by atoms with Gasteiger partial charge in [0.25, 0.3) is 0 Å². The first-order valence-electron chi connectivity index (χ1n) is 11.8. The summed E-state index contributed by atoms with van der Waals surface area (Å²) in [7, 11) is 0. The van der Waals surface area contributed by atoms with Crippen LogP contribution in [0.1, 0.15) is 42.7 Å². The molecule has 0 bridgehead atoms. The maximum atomic E-state index is 12.7. The molecule has 2 fully saturated rings. The van der Waals surface area contributed by atoms with E-state index < -0.39 is 5.91 Å². The highest BCUT2D eigenvalue weighted by Crippen LogP contribution is 2.29. The third-order valence-electron chi connectivity index (χ3n) is 6.55. The van der Waals surface area contributed by atoms with E-state index in [0.29, 0.717) is 13.1 Å². The van der Waals surface area contributed by atoms with Gasteiger partial charge in [-0.1, -0.05) is 36.4 Å². The molecule has 0 spiro atoms. The topological polar surface area (TPSA) is 55.9 Å². The van der Waals surface area contributed by atoms with Crippen molar-refractivity contribution in [3.8, 4) is 0 Å². The second kappa shape index (κ2) is 11.1. The van der Waals surface area contributed by atoms with Crippen LogP contribution in [0, 0.1) is 0 Å². The lowest BCUT2D eigenvalue weighted by Crippen LogP contribution is -2.54. The molecule has 1 N–H and O–H groups in total. The molecular formula is C25H34N4O2S. The molecule has 2 saturated heterocycles. The molecular weight excluding hydrogens is 420 g/mol. The second-order valence-electron chi connectivity index (χ2n) is 8.87. The maximum Gasteiger partial charge on any atom is 0.311 e. The Balaban J connectivity index is 1.37. The minimum Gasteiger partial charge on any atom is -0.343 e. The van der Waals surface area contributed by atoms with E-state index in [1.165, 1.54) is 10.4 Å². The molecule has 0 aliphatic carbocycles. The lowest BCUT2D eigenvalue weighted by Gasteiger charge is -2.41. The van der Waals surface area contributed by atoms with Crippen LogP contribution in [0.5, 0.6) is 0 Å². The lowest BCUT2D eigenvalue weighted by atomic mass is 10.0. The quantitative estimate of drug-likeness (QED) is 0.682. The highest BCUT2D eigenvalue weighted by atomic mass is 32.1. The first-order valence-corrected chi connectivity index (χ1v) is 12.6. The van der Waals surface area contributed by atoms with E-state index in [-0.39, 0.29) is 18.0 Å². The number of piperidine rings is 1. The third kappa shape index (κ3) is 5.77. The fourth-order valence-electron chi connectivity index (χ4n) is 4.83. The van der Waals surface area contributed by atoms with Crippen molar-refractivity contribution in [3.05, 3.63) is 58.3 Å². The van der Waals surface area contributed by atoms with Crippen LogP contribution in [0.15, 0.2) is 47.8 Å². The van der Waals surface area contributed by atoms with Gasteiger partial charge in [0.05, 0.1) is 6.04 Å². The average molecular weight is 455 g/mol. The monoisotopic (exact) mass is 454 g/mol. The molecule has 0 saturated carbocycles. The number of hydrogen-bond acceptors (Lipinski definition) is 5. The van der Waals surface area contributed by atoms with Gasteiger partial charge in [-0.25, -0.2) is 0 Å². The van der Waals surface area contributed by atoms with Crippen molar-refractivity contribution >= 4 is 23.2 Å². The van der Waals surface area contributed by atoms with Crippen molar-refractivity contribution in [2.45, 2.75) is 44.8 Å². The fourth-order valence-corrected chi connectivity index (χ4v) is 5.80. The van der Waals surface area contributed by atoms with Crippen molar-refractivity contribution in [1.82, 2.24) is 20.0 Å². The Labute approximate surface area is 195 Å². The summed E-state index contributed by atoms with van der Waals surface area (Å²) in [4.78, 5) is 33.3. The number of thiophene rings is 1. The zero-order valence-corrected chi connectivity index (χ0v) is 19.7. The maximum absolute atomic E-state index is 12.7. The molecule has 7 heteroatoms. The molecule has 2 atom stereocenters. The molecule has 172 valence electrons. The van der Waals surface area contributed by atoms with Gasteiger partial charge in [-0.3, -0.25) is 19.4 Å². The Morgan fingerprint density at radius 2 is 1.66 bits per heavy atom. The summed E-state index contributed by atoms with van der Waals surface area (Å²) in [5.74, 6) is -0.849. The molecule has 1 aromatic heterocycles. The van der Waals surface area contributed by atoms with Crippen LogP contribution in [-0.2, 0) is 16.1 Å². The highest BCUT2D eigenvalue weighted by molar-refractivity contribution is 7.10. The Morgan fingerprint density at radius 1 is 0.938 bits per heavy atom. The molecule has 2 aliphatic heterocycles. The van der Waals surface area contributed by atoms with Crippen LogP contribution in [0.3, 0.4) is 0 Å². The number of nitrogens with one attached hydrogen (secondary N) is 1. The molecule has 1 aromatic carbocycles. The van der Waals surface area contributed by atoms with Crippen molar-refractivity contribution in [2.75, 3.05) is 39.3 Å². The van der Waals surface area contributed by atoms with E-state index in [9.17, 15) is 9.59 Å². The van der Waals surface area contributed by atoms with Crippen LogP contribution in [-0.4, -0.2) is 71.8 Å². The molecule has 4 rings (SSSR count). The summed E-state index contributed by atoms with van der Waals surface area (Å²) in [6, 6.07) is 14.7. The van der Waals surface area contributed by atoms with Gasteiger partial charge < -0.3 is 10.2 Å². The van der Waals surface area contributed by atoms with E-state index in [2.05, 4.69) is 63.0 Å². The molecule has 0 unspecified atom stereocenters. The fraction of sp³-hybridized carbons (Fsp3) is 0.520. The van der Waals surface area contributed by atoms with Gasteiger partial charge in [-0.05, 0) is 43.2 Å². The predicted molar refractivity (Wildman–Crippen MR) is 128 cm³/mol. The number of benzene rings is 1. The number of rotatable bonds is 6. The van der Waals surface area contributed by atoms with Gasteiger partial charge in [0.1, 0.15) is 0 Å². The number of piperazine rings is 1. The van der Waals surface area contributed by atoms with Gasteiger partial charge >= 0.3 is 11.8 Å². The van der Waals surface area contributed by atoms with E-state index in [4.69, 9.17) is 0 Å². The molecule has 3 heterocycles. The summed E-state index contributed by atoms with van der Waals surface area (Å²) in [5.41, 5.74) is 1.34. The smallest absolute Gasteiger partial charge is 0.311 e. The summed E-state index contributed by atoms with van der Waals surface area (Å²) in [5, 5.41) is 5.12. The van der Waals surface area contributed by atoms with Crippen LogP contribution in [0.25, 0.3) is 0 Å². The summed E-state index contributed by atoms with van der Waals surface area (Å²) >= 11 is 1.72. The Morgan fingerprint density at radius 3 is 2.31 bits per heavy atom. The minimum atomic E-state index is -0.469. The van der Waals surface area contributed by atoms with Crippen molar-refractivity contribution in [1.29, 1.82) is 0 Å². The number of nitrogens with zero attached hydrogens (tertiary/aromatic N) is 3. The normalized spacial score (nSPS) is 20.0. The zero-order chi connectivity index (χ0) is 22.3. The number of amides is 2. The van der Waals surface area contributed by atoms with Gasteiger partial charge in [0.2, 0.25) is 0 Å². The zero-order valence-electron chi connectivity index (χ0n) is 18.9. The van der Waals surface area contributed by atoms with Crippen LogP contribution in [0.2, 0.25) is 0 Å². The molecule has 2 aromatic rings. The largest absolute Gasteiger partial charge is 0.343 e. The molecule has 2 amide bonds. The lowest BCUT2D eigenvalue weighted by molar-refractivity contribution is -0.147. The average Bonchev–Trinajstić information content (AvgIpc) is 3.35. The molecule has 32 heavy (non-hydrogen) atoms. The van der Waals surface area contributed by atoms with Crippen LogP contribution in [0.4, 0.5) is 0 Å². The number of carbonyl (C=O) groups is 2. The van der Waals surface area contributed by atoms with Crippen molar-refractivity contribution < 1.29 is 9.59 Å². The molecule has 0 radical (unpaired) electrons. The number of carbonyl (C=O) groups excluding carboxylic acids is 2. The van der Waals surface area contributed by atoms with Gasteiger partial charge in [0.15, 0.2) is 0 Å². The van der Waals surface area contributed by atoms with Crippen molar-refractivity contribution in [3.63, 3.8) is 0 Å². The highest BCUT2D eigenvalue weighted by Gasteiger charge is 2.33. The Kier molecular flexibility index (Phi) is 7.95. The second-order valence-corrected chi connectivity index (χ2v) is 9.85. The van der Waals surface area contributed by atoms with Gasteiger partial charge in [-0.2, -0.15) is 0 Å². The van der Waals surface area contributed by atoms with Gasteiger partial charge in [-0.15, -0.1) is 11.3 Å². The molecule has 6 nitrogen and oxygen atoms in total. The van der Waals surface area contributed by atoms with E-state index in [0.717, 1.165) is 52.0 Å². The van der Waals surface area contributed by atoms with Crippen molar-refractivity contribution in [2.24, 2.45) is 0 Å². The third-order valence-corrected chi connectivity index (χ3v) is 7.50. The number of hydrogen-bond donors (Lipinski definition) is 1. The SMILES string of the molecule is C[C@@H](NC(=O)C(=O)N1CCCCC1)[C@H](c1cccs1)N1CCN(Cc2ccccc2)CC1. The first-order chi connectivity index (χ1) is 15.6. The standard InChI is InChI=1S/C25H34N4O2S/c1-20(26-24(30)25(31)29-12-6-3-7-13-29)23(22-11-8-18-32-22)28-16-14-27(15-17-28)19-21-9-4-2-5-10-21/h2,4-5,8-11,18,20,23H,3,6-7,12-17,19H2,1H3,(H,26,30)/t20-,23-/m1/s1. The van der Waals surface area contributed by atoms with Crippen LogP contribution >= 0.6 is 11.3 Å². The summed E-state index contributed by atoms with van der Waals surface area (Å²) in [6.07, 6.45) is 3.11. The summed E-state index contributed by atoms with van der Waals surface area (Å²) in [6.45, 7) is 8.24. The van der Waals surface area contributed by atoms with Crippen LogP contribution < -0.4 is 5.32 Å². The number of likely N-dealkylation sites (tertiary alicyclic amines) is 1. The predicted octanol–water partition coefficient (Wildman–Crippen LogP) is 3.12. The summed E-state index contributed by atoms with van der Waals surface area (Å²) < 4.78 is 0.